The molecule has 0 spiro atoms. The lowest BCUT2D eigenvalue weighted by molar-refractivity contribution is 0.621. The molecule has 2 rings (SSSR count). The number of hydrogen-bond acceptors (Lipinski definition) is 2. The lowest BCUT2D eigenvalue weighted by Gasteiger charge is -2.13. The quantitative estimate of drug-likeness (QED) is 0.590. The van der Waals surface area contributed by atoms with Crippen LogP contribution in [0.15, 0.2) is 42.1 Å². The highest BCUT2D eigenvalue weighted by atomic mass is 19.1. The fraction of sp³-hybridized carbons (Fsp3) is 0.375. The highest BCUT2D eigenvalue weighted by Gasteiger charge is 2.09. The number of aryl methyl sites for hydroxylation is 3. The number of nitriles is 1. The van der Waals surface area contributed by atoms with Crippen molar-refractivity contribution >= 4 is 5.57 Å². The van der Waals surface area contributed by atoms with Gasteiger partial charge in [0.1, 0.15) is 23.4 Å². The Morgan fingerprint density at radius 3 is 2.00 bits per heavy atom. The van der Waals surface area contributed by atoms with Gasteiger partial charge >= 0.3 is 0 Å². The van der Waals surface area contributed by atoms with Gasteiger partial charge in [-0.15, -0.1) is 0 Å². The van der Waals surface area contributed by atoms with E-state index in [9.17, 15) is 14.0 Å². The van der Waals surface area contributed by atoms with Gasteiger partial charge < -0.3 is 5.32 Å². The predicted octanol–water partition coefficient (Wildman–Crippen LogP) is 6.34. The number of halogens is 2. The third-order valence-corrected chi connectivity index (χ3v) is 4.11. The Hall–Kier alpha value is -2.67. The molecule has 0 amide bonds. The van der Waals surface area contributed by atoms with Gasteiger partial charge in [0.05, 0.1) is 0 Å². The van der Waals surface area contributed by atoms with E-state index >= 15 is 0 Å². The fourth-order valence-corrected chi connectivity index (χ4v) is 2.91. The van der Waals surface area contributed by atoms with Gasteiger partial charge in [-0.1, -0.05) is 26.0 Å². The normalized spacial score (nSPS) is 11.3. The molecule has 0 atom stereocenters. The molecule has 2 nitrogen and oxygen atoms in total. The molecule has 0 aromatic heterocycles. The van der Waals surface area contributed by atoms with E-state index < -0.39 is 0 Å². The summed E-state index contributed by atoms with van der Waals surface area (Å²) in [6.07, 6.45) is 1.22. The van der Waals surface area contributed by atoms with Crippen molar-refractivity contribution in [1.82, 2.24) is 5.32 Å². The summed E-state index contributed by atoms with van der Waals surface area (Å²) in [7, 11) is 0. The molecule has 2 aromatic rings. The SMILES string of the molecule is C/C(=C(/C#N)NC(C)C)c1cc(F)cc(CCc2cc(C)cc(F)c2)c1.CC. The van der Waals surface area contributed by atoms with Crippen molar-refractivity contribution in [3.05, 3.63) is 76.0 Å². The Bertz CT molecular complexity index is 841. The molecular weight excluding hydrogens is 354 g/mol. The van der Waals surface area contributed by atoms with Crippen LogP contribution >= 0.6 is 0 Å². The smallest absolute Gasteiger partial charge is 0.124 e. The first-order valence-corrected chi connectivity index (χ1v) is 9.72. The highest BCUT2D eigenvalue weighted by molar-refractivity contribution is 5.70. The first-order valence-electron chi connectivity index (χ1n) is 9.72. The molecule has 0 heterocycles. The van der Waals surface area contributed by atoms with E-state index in [-0.39, 0.29) is 17.7 Å². The zero-order valence-electron chi connectivity index (χ0n) is 17.7. The zero-order chi connectivity index (χ0) is 21.3. The maximum Gasteiger partial charge on any atom is 0.124 e. The molecule has 2 aromatic carbocycles. The number of benzene rings is 2. The molecule has 150 valence electrons. The van der Waals surface area contributed by atoms with Crippen LogP contribution in [0.4, 0.5) is 8.78 Å². The van der Waals surface area contributed by atoms with Crippen LogP contribution in [0, 0.1) is 29.9 Å². The standard InChI is InChI=1S/C22H24F2N2.C2H6/c1-14(2)26-22(13-25)16(4)19-9-18(11-21(24)12-19)6-5-17-7-15(3)8-20(23)10-17;1-2/h7-12,14,26H,5-6H2,1-4H3;1-2H3/b22-16+;. The van der Waals surface area contributed by atoms with Crippen molar-refractivity contribution in [3.8, 4) is 6.07 Å². The second-order valence-electron chi connectivity index (χ2n) is 6.90. The van der Waals surface area contributed by atoms with Crippen LogP contribution in [0.1, 0.15) is 56.9 Å². The van der Waals surface area contributed by atoms with Crippen molar-refractivity contribution in [3.63, 3.8) is 0 Å². The minimum Gasteiger partial charge on any atom is -0.374 e. The lowest BCUT2D eigenvalue weighted by Crippen LogP contribution is -2.22. The van der Waals surface area contributed by atoms with Crippen molar-refractivity contribution in [2.75, 3.05) is 0 Å². The largest absolute Gasteiger partial charge is 0.374 e. The van der Waals surface area contributed by atoms with Crippen LogP contribution < -0.4 is 5.32 Å². The maximum absolute atomic E-state index is 14.1. The third kappa shape index (κ3) is 7.15. The highest BCUT2D eigenvalue weighted by Crippen LogP contribution is 2.21. The van der Waals surface area contributed by atoms with Crippen molar-refractivity contribution < 1.29 is 8.78 Å². The van der Waals surface area contributed by atoms with Gasteiger partial charge in [-0.25, -0.2) is 8.78 Å². The second kappa shape index (κ2) is 11.2. The summed E-state index contributed by atoms with van der Waals surface area (Å²) >= 11 is 0. The number of rotatable bonds is 6. The van der Waals surface area contributed by atoms with Crippen molar-refractivity contribution in [1.29, 1.82) is 5.26 Å². The van der Waals surface area contributed by atoms with Gasteiger partial charge in [-0.2, -0.15) is 5.26 Å². The molecule has 4 heteroatoms. The zero-order valence-corrected chi connectivity index (χ0v) is 17.7. The van der Waals surface area contributed by atoms with Gasteiger partial charge in [0.25, 0.3) is 0 Å². The van der Waals surface area contributed by atoms with E-state index in [1.807, 2.05) is 53.7 Å². The van der Waals surface area contributed by atoms with E-state index in [4.69, 9.17) is 0 Å². The Morgan fingerprint density at radius 2 is 1.50 bits per heavy atom. The van der Waals surface area contributed by atoms with E-state index in [1.165, 1.54) is 24.3 Å². The Balaban J connectivity index is 0.00000190. The molecule has 0 unspecified atom stereocenters. The summed E-state index contributed by atoms with van der Waals surface area (Å²) in [6, 6.07) is 12.0. The Morgan fingerprint density at radius 1 is 0.964 bits per heavy atom. The summed E-state index contributed by atoms with van der Waals surface area (Å²) in [6.45, 7) is 11.6. The lowest BCUT2D eigenvalue weighted by atomic mass is 9.98. The third-order valence-electron chi connectivity index (χ3n) is 4.11. The molecule has 28 heavy (non-hydrogen) atoms. The summed E-state index contributed by atoms with van der Waals surface area (Å²) in [4.78, 5) is 0. The van der Waals surface area contributed by atoms with Crippen LogP contribution in [-0.2, 0) is 12.8 Å². The fourth-order valence-electron chi connectivity index (χ4n) is 2.91. The maximum atomic E-state index is 14.1. The Kier molecular flexibility index (Phi) is 9.38. The molecule has 0 aliphatic carbocycles. The molecule has 0 bridgehead atoms. The van der Waals surface area contributed by atoms with Crippen LogP contribution in [0.2, 0.25) is 0 Å². The van der Waals surface area contributed by atoms with E-state index in [1.54, 1.807) is 0 Å². The van der Waals surface area contributed by atoms with Gasteiger partial charge in [-0.05, 0) is 92.6 Å². The summed E-state index contributed by atoms with van der Waals surface area (Å²) in [5, 5.41) is 12.4. The molecule has 0 aliphatic rings. The Labute approximate surface area is 167 Å². The van der Waals surface area contributed by atoms with Crippen LogP contribution in [0.25, 0.3) is 5.57 Å². The summed E-state index contributed by atoms with van der Waals surface area (Å²) in [5.74, 6) is -0.591. The van der Waals surface area contributed by atoms with Crippen LogP contribution in [-0.4, -0.2) is 6.04 Å². The first-order chi connectivity index (χ1) is 13.3. The second-order valence-corrected chi connectivity index (χ2v) is 6.90. The molecule has 0 saturated carbocycles. The molecule has 1 N–H and O–H groups in total. The van der Waals surface area contributed by atoms with Crippen molar-refractivity contribution in [2.24, 2.45) is 0 Å². The van der Waals surface area contributed by atoms with E-state index in [2.05, 4.69) is 11.4 Å². The van der Waals surface area contributed by atoms with Gasteiger partial charge in [0.2, 0.25) is 0 Å². The minimum absolute atomic E-state index is 0.115. The average molecular weight is 385 g/mol. The van der Waals surface area contributed by atoms with Crippen LogP contribution in [0.3, 0.4) is 0 Å². The van der Waals surface area contributed by atoms with Crippen molar-refractivity contribution in [2.45, 2.75) is 60.4 Å². The van der Waals surface area contributed by atoms with Gasteiger partial charge in [0, 0.05) is 6.04 Å². The molecular formula is C24H30F2N2. The first kappa shape index (κ1) is 23.4. The van der Waals surface area contributed by atoms with Gasteiger partial charge in [0.15, 0.2) is 0 Å². The van der Waals surface area contributed by atoms with Gasteiger partial charge in [-0.3, -0.25) is 0 Å². The minimum atomic E-state index is -0.339. The number of nitrogens with zero attached hydrogens (tertiary/aromatic N) is 1. The van der Waals surface area contributed by atoms with E-state index in [0.717, 1.165) is 16.7 Å². The predicted molar refractivity (Wildman–Crippen MR) is 113 cm³/mol. The molecule has 0 aliphatic heterocycles. The summed E-state index contributed by atoms with van der Waals surface area (Å²) in [5.41, 5.74) is 4.42. The molecule has 0 saturated heterocycles. The number of nitrogens with one attached hydrogen (secondary N) is 1. The van der Waals surface area contributed by atoms with Crippen LogP contribution in [0.5, 0.6) is 0 Å². The molecule has 0 fully saturated rings. The number of hydrogen-bond donors (Lipinski definition) is 1. The average Bonchev–Trinajstić information content (AvgIpc) is 2.64. The number of allylic oxidation sites excluding steroid dienone is 2. The molecule has 0 radical (unpaired) electrons. The monoisotopic (exact) mass is 384 g/mol. The van der Waals surface area contributed by atoms with E-state index in [0.29, 0.717) is 29.7 Å². The summed E-state index contributed by atoms with van der Waals surface area (Å²) < 4.78 is 27.6. The topological polar surface area (TPSA) is 35.8 Å².